The van der Waals surface area contributed by atoms with E-state index in [1.807, 2.05) is 30.3 Å². The molecule has 3 aromatic rings. The average molecular weight is 370 g/mol. The van der Waals surface area contributed by atoms with Gasteiger partial charge in [0.1, 0.15) is 12.4 Å². The lowest BCUT2D eigenvalue weighted by atomic mass is 10.3. The van der Waals surface area contributed by atoms with E-state index in [1.165, 1.54) is 11.3 Å². The van der Waals surface area contributed by atoms with E-state index in [9.17, 15) is 4.79 Å². The predicted molar refractivity (Wildman–Crippen MR) is 98.2 cm³/mol. The van der Waals surface area contributed by atoms with Crippen molar-refractivity contribution >= 4 is 17.2 Å². The molecule has 3 N–H and O–H groups in total. The van der Waals surface area contributed by atoms with Crippen LogP contribution >= 0.6 is 11.3 Å². The number of amides is 1. The number of hydroxylamine groups is 1. The van der Waals surface area contributed by atoms with Crippen LogP contribution in [-0.2, 0) is 6.54 Å². The van der Waals surface area contributed by atoms with Gasteiger partial charge in [-0.15, -0.1) is 11.3 Å². The van der Waals surface area contributed by atoms with Crippen LogP contribution in [-0.4, -0.2) is 34.2 Å². The van der Waals surface area contributed by atoms with E-state index < -0.39 is 5.91 Å². The molecule has 0 spiro atoms. The van der Waals surface area contributed by atoms with Gasteiger partial charge in [-0.1, -0.05) is 18.2 Å². The predicted octanol–water partition coefficient (Wildman–Crippen LogP) is 2.49. The summed E-state index contributed by atoms with van der Waals surface area (Å²) in [5.74, 6) is 0.857. The number of benzene rings is 1. The second-order valence-corrected chi connectivity index (χ2v) is 6.44. The van der Waals surface area contributed by atoms with Gasteiger partial charge < -0.3 is 10.1 Å². The number of rotatable bonds is 8. The van der Waals surface area contributed by atoms with Crippen LogP contribution in [0.2, 0.25) is 0 Å². The third kappa shape index (κ3) is 4.85. The number of ether oxygens (including phenoxy) is 1. The van der Waals surface area contributed by atoms with E-state index >= 15 is 0 Å². The van der Waals surface area contributed by atoms with Crippen molar-refractivity contribution in [3.8, 4) is 16.5 Å². The van der Waals surface area contributed by atoms with Crippen LogP contribution in [0.4, 0.5) is 0 Å². The van der Waals surface area contributed by atoms with Crippen LogP contribution in [0, 0.1) is 0 Å². The van der Waals surface area contributed by atoms with Crippen molar-refractivity contribution in [3.63, 3.8) is 0 Å². The maximum atomic E-state index is 11.4. The number of aromatic nitrogens is 2. The van der Waals surface area contributed by atoms with Crippen molar-refractivity contribution < 1.29 is 14.7 Å². The first kappa shape index (κ1) is 18.0. The van der Waals surface area contributed by atoms with Gasteiger partial charge in [0.05, 0.1) is 9.75 Å². The first-order valence-corrected chi connectivity index (χ1v) is 8.82. The zero-order chi connectivity index (χ0) is 18.2. The normalized spacial score (nSPS) is 10.5. The van der Waals surface area contributed by atoms with Crippen molar-refractivity contribution in [1.29, 1.82) is 0 Å². The summed E-state index contributed by atoms with van der Waals surface area (Å²) in [6, 6.07) is 13.1. The highest BCUT2D eigenvalue weighted by molar-refractivity contribution is 7.17. The Morgan fingerprint density at radius 2 is 1.88 bits per heavy atom. The largest absolute Gasteiger partial charge is 0.492 e. The third-order valence-corrected chi connectivity index (χ3v) is 4.56. The van der Waals surface area contributed by atoms with E-state index in [0.717, 1.165) is 16.2 Å². The lowest BCUT2D eigenvalue weighted by molar-refractivity contribution is 0.0711. The molecule has 0 aliphatic rings. The molecule has 0 radical (unpaired) electrons. The topological polar surface area (TPSA) is 96.4 Å². The highest BCUT2D eigenvalue weighted by Crippen LogP contribution is 2.25. The smallest absolute Gasteiger partial charge is 0.284 e. The van der Waals surface area contributed by atoms with E-state index in [-0.39, 0.29) is 0 Å². The van der Waals surface area contributed by atoms with Crippen molar-refractivity contribution in [2.24, 2.45) is 0 Å². The molecule has 3 rings (SSSR count). The van der Waals surface area contributed by atoms with Gasteiger partial charge in [-0.3, -0.25) is 10.0 Å². The van der Waals surface area contributed by atoms with Gasteiger partial charge in [0, 0.05) is 31.0 Å². The molecule has 134 valence electrons. The van der Waals surface area contributed by atoms with Gasteiger partial charge in [-0.05, 0) is 24.3 Å². The molecule has 0 atom stereocenters. The SMILES string of the molecule is O=C(NO)c1ccc(-c2ncc(CNCCOc3ccccc3)cn2)s1. The van der Waals surface area contributed by atoms with Crippen LogP contribution in [0.25, 0.3) is 10.7 Å². The minimum absolute atomic E-state index is 0.398. The van der Waals surface area contributed by atoms with Gasteiger partial charge >= 0.3 is 0 Å². The van der Waals surface area contributed by atoms with Crippen molar-refractivity contribution in [3.05, 3.63) is 65.3 Å². The number of nitrogens with zero attached hydrogens (tertiary/aromatic N) is 2. The molecule has 0 fully saturated rings. The molecular formula is C18H18N4O3S. The number of hydrogen-bond donors (Lipinski definition) is 3. The molecule has 0 aliphatic heterocycles. The van der Waals surface area contributed by atoms with Crippen LogP contribution < -0.4 is 15.5 Å². The molecule has 1 aromatic carbocycles. The number of carbonyl (C=O) groups excluding carboxylic acids is 1. The highest BCUT2D eigenvalue weighted by Gasteiger charge is 2.10. The molecule has 0 bridgehead atoms. The number of para-hydroxylation sites is 1. The molecule has 0 saturated carbocycles. The monoisotopic (exact) mass is 370 g/mol. The van der Waals surface area contributed by atoms with Crippen LogP contribution in [0.3, 0.4) is 0 Å². The summed E-state index contributed by atoms with van der Waals surface area (Å²) in [6.45, 7) is 1.93. The van der Waals surface area contributed by atoms with E-state index in [0.29, 0.717) is 30.4 Å². The highest BCUT2D eigenvalue weighted by atomic mass is 32.1. The molecule has 0 unspecified atom stereocenters. The zero-order valence-electron chi connectivity index (χ0n) is 13.9. The number of carbonyl (C=O) groups is 1. The first-order chi connectivity index (χ1) is 12.8. The summed E-state index contributed by atoms with van der Waals surface area (Å²) in [5.41, 5.74) is 2.57. The van der Waals surface area contributed by atoms with E-state index in [4.69, 9.17) is 9.94 Å². The Hall–Kier alpha value is -2.81. The first-order valence-electron chi connectivity index (χ1n) is 8.00. The van der Waals surface area contributed by atoms with E-state index in [2.05, 4.69) is 15.3 Å². The maximum absolute atomic E-state index is 11.4. The summed E-state index contributed by atoms with van der Waals surface area (Å²) in [4.78, 5) is 21.2. The third-order valence-electron chi connectivity index (χ3n) is 3.48. The Kier molecular flexibility index (Phi) is 6.26. The van der Waals surface area contributed by atoms with Gasteiger partial charge in [0.15, 0.2) is 5.82 Å². The van der Waals surface area contributed by atoms with Gasteiger partial charge in [0.25, 0.3) is 5.91 Å². The summed E-state index contributed by atoms with van der Waals surface area (Å²) >= 11 is 1.22. The Bertz CT molecular complexity index is 837. The van der Waals surface area contributed by atoms with Crippen LogP contribution in [0.1, 0.15) is 15.2 Å². The second-order valence-electron chi connectivity index (χ2n) is 5.36. The molecule has 2 heterocycles. The van der Waals surface area contributed by atoms with Crippen molar-refractivity contribution in [1.82, 2.24) is 20.8 Å². The lowest BCUT2D eigenvalue weighted by Gasteiger charge is -2.07. The summed E-state index contributed by atoms with van der Waals surface area (Å²) in [5, 5.41) is 11.9. The molecule has 2 aromatic heterocycles. The average Bonchev–Trinajstić information content (AvgIpc) is 3.19. The standard InChI is InChI=1S/C18H18N4O3S/c23-18(22-24)16-7-6-15(26-16)17-20-11-13(12-21-17)10-19-8-9-25-14-4-2-1-3-5-14/h1-7,11-12,19,24H,8-10H2,(H,22,23). The van der Waals surface area contributed by atoms with Gasteiger partial charge in [-0.25, -0.2) is 15.4 Å². The van der Waals surface area contributed by atoms with Crippen LogP contribution in [0.15, 0.2) is 54.9 Å². The van der Waals surface area contributed by atoms with Gasteiger partial charge in [-0.2, -0.15) is 0 Å². The quantitative estimate of drug-likeness (QED) is 0.320. The number of hydrogen-bond acceptors (Lipinski definition) is 7. The molecule has 26 heavy (non-hydrogen) atoms. The zero-order valence-corrected chi connectivity index (χ0v) is 14.7. The maximum Gasteiger partial charge on any atom is 0.284 e. The molecule has 0 aliphatic carbocycles. The van der Waals surface area contributed by atoms with Crippen molar-refractivity contribution in [2.75, 3.05) is 13.2 Å². The number of thiophene rings is 1. The minimum atomic E-state index is -0.542. The lowest BCUT2D eigenvalue weighted by Crippen LogP contribution is -2.20. The van der Waals surface area contributed by atoms with Crippen molar-refractivity contribution in [2.45, 2.75) is 6.54 Å². The Morgan fingerprint density at radius 1 is 1.12 bits per heavy atom. The molecule has 7 nitrogen and oxygen atoms in total. The minimum Gasteiger partial charge on any atom is -0.492 e. The number of nitrogens with one attached hydrogen (secondary N) is 2. The molecule has 1 amide bonds. The fraction of sp³-hybridized carbons (Fsp3) is 0.167. The second kappa shape index (κ2) is 9.04. The van der Waals surface area contributed by atoms with Gasteiger partial charge in [0.2, 0.25) is 0 Å². The Morgan fingerprint density at radius 3 is 2.62 bits per heavy atom. The molecule has 0 saturated heterocycles. The molecular weight excluding hydrogens is 352 g/mol. The fourth-order valence-corrected chi connectivity index (χ4v) is 3.04. The molecule has 8 heteroatoms. The fourth-order valence-electron chi connectivity index (χ4n) is 2.20. The summed E-state index contributed by atoms with van der Waals surface area (Å²) in [7, 11) is 0. The Labute approximate surface area is 154 Å². The summed E-state index contributed by atoms with van der Waals surface area (Å²) in [6.07, 6.45) is 3.50. The summed E-state index contributed by atoms with van der Waals surface area (Å²) < 4.78 is 5.61. The van der Waals surface area contributed by atoms with Crippen LogP contribution in [0.5, 0.6) is 5.75 Å². The Balaban J connectivity index is 1.45. The van der Waals surface area contributed by atoms with E-state index in [1.54, 1.807) is 30.0 Å².